The quantitative estimate of drug-likeness (QED) is 0.644. The maximum Gasteiger partial charge on any atom is 0.253 e. The molecule has 0 aliphatic carbocycles. The Bertz CT molecular complexity index is 1000. The van der Waals surface area contributed by atoms with Crippen molar-refractivity contribution in [1.29, 1.82) is 0 Å². The number of benzene rings is 2. The molecule has 4 rings (SSSR count). The fourth-order valence-electron chi connectivity index (χ4n) is 3.36. The van der Waals surface area contributed by atoms with Crippen LogP contribution >= 0.6 is 11.3 Å². The van der Waals surface area contributed by atoms with Crippen molar-refractivity contribution >= 4 is 27.3 Å². The summed E-state index contributed by atoms with van der Waals surface area (Å²) in [6, 6.07) is 11.7. The average Bonchev–Trinajstić information content (AvgIpc) is 2.99. The lowest BCUT2D eigenvalue weighted by Gasteiger charge is -2.22. The highest BCUT2D eigenvalue weighted by Crippen LogP contribution is 2.41. The molecule has 7 heteroatoms. The van der Waals surface area contributed by atoms with Crippen LogP contribution in [0, 0.1) is 0 Å². The molecule has 1 aromatic heterocycles. The molecule has 0 bridgehead atoms. The molecule has 0 saturated heterocycles. The van der Waals surface area contributed by atoms with E-state index in [-0.39, 0.29) is 25.4 Å². The summed E-state index contributed by atoms with van der Waals surface area (Å²) in [5, 5.41) is 23.5. The molecule has 2 heterocycles. The molecule has 2 aromatic carbocycles. The van der Waals surface area contributed by atoms with E-state index < -0.39 is 12.0 Å². The minimum atomic E-state index is -1.23. The van der Waals surface area contributed by atoms with Crippen molar-refractivity contribution in [3.05, 3.63) is 47.3 Å². The van der Waals surface area contributed by atoms with Gasteiger partial charge >= 0.3 is 0 Å². The number of carbonyl (C=O) groups is 1. The molecular formula is C20H20N2O4S. The lowest BCUT2D eigenvalue weighted by molar-refractivity contribution is -0.140. The van der Waals surface area contributed by atoms with Gasteiger partial charge in [-0.1, -0.05) is 18.2 Å². The molecule has 27 heavy (non-hydrogen) atoms. The third kappa shape index (κ3) is 3.25. The van der Waals surface area contributed by atoms with Crippen molar-refractivity contribution in [1.82, 2.24) is 4.90 Å². The molecule has 1 aliphatic rings. The van der Waals surface area contributed by atoms with Crippen molar-refractivity contribution in [2.45, 2.75) is 12.6 Å². The maximum absolute atomic E-state index is 12.3. The minimum absolute atomic E-state index is 0.0476. The van der Waals surface area contributed by atoms with Gasteiger partial charge in [-0.05, 0) is 29.1 Å². The molecule has 0 saturated carbocycles. The number of thiophene rings is 1. The Morgan fingerprint density at radius 1 is 1.33 bits per heavy atom. The summed E-state index contributed by atoms with van der Waals surface area (Å²) < 4.78 is 6.85. The van der Waals surface area contributed by atoms with Crippen LogP contribution < -0.4 is 10.5 Å². The number of aromatic hydroxyl groups is 1. The molecule has 1 amide bonds. The SMILES string of the molecule is NC[C@@H](O)C(=O)N1CCOc2c(O)cc(-c3csc4ccccc34)cc2C1. The Labute approximate surface area is 160 Å². The molecule has 6 nitrogen and oxygen atoms in total. The van der Waals surface area contributed by atoms with E-state index in [9.17, 15) is 15.0 Å². The van der Waals surface area contributed by atoms with Crippen LogP contribution in [0.1, 0.15) is 5.56 Å². The number of phenolic OH excluding ortho intramolecular Hbond substituents is 1. The lowest BCUT2D eigenvalue weighted by atomic mass is 10.0. The van der Waals surface area contributed by atoms with Crippen LogP contribution in [-0.2, 0) is 11.3 Å². The van der Waals surface area contributed by atoms with Crippen LogP contribution in [0.25, 0.3) is 21.2 Å². The number of nitrogens with two attached hydrogens (primary N) is 1. The first-order valence-corrected chi connectivity index (χ1v) is 9.58. The number of phenols is 1. The van der Waals surface area contributed by atoms with E-state index in [4.69, 9.17) is 10.5 Å². The van der Waals surface area contributed by atoms with E-state index in [0.29, 0.717) is 17.9 Å². The third-order valence-corrected chi connectivity index (χ3v) is 5.69. The van der Waals surface area contributed by atoms with E-state index in [0.717, 1.165) is 16.5 Å². The fourth-order valence-corrected chi connectivity index (χ4v) is 4.33. The largest absolute Gasteiger partial charge is 0.504 e. The summed E-state index contributed by atoms with van der Waals surface area (Å²) in [5.74, 6) is 0.00195. The van der Waals surface area contributed by atoms with Gasteiger partial charge in [-0.25, -0.2) is 0 Å². The highest BCUT2D eigenvalue weighted by Gasteiger charge is 2.26. The number of hydrogen-bond acceptors (Lipinski definition) is 6. The first-order valence-electron chi connectivity index (χ1n) is 8.70. The van der Waals surface area contributed by atoms with Crippen LogP contribution in [0.15, 0.2) is 41.8 Å². The van der Waals surface area contributed by atoms with Gasteiger partial charge < -0.3 is 25.6 Å². The van der Waals surface area contributed by atoms with E-state index in [1.165, 1.54) is 9.60 Å². The van der Waals surface area contributed by atoms with Crippen LogP contribution in [0.2, 0.25) is 0 Å². The van der Waals surface area contributed by atoms with Crippen LogP contribution in [0.5, 0.6) is 11.5 Å². The van der Waals surface area contributed by atoms with E-state index in [1.54, 1.807) is 17.4 Å². The molecule has 0 fully saturated rings. The van der Waals surface area contributed by atoms with Crippen LogP contribution in [0.4, 0.5) is 0 Å². The van der Waals surface area contributed by atoms with Crippen LogP contribution in [-0.4, -0.2) is 46.8 Å². The number of nitrogens with zero attached hydrogens (tertiary/aromatic N) is 1. The van der Waals surface area contributed by atoms with Gasteiger partial charge in [0.05, 0.1) is 6.54 Å². The summed E-state index contributed by atoms with van der Waals surface area (Å²) in [7, 11) is 0. The number of rotatable bonds is 3. The summed E-state index contributed by atoms with van der Waals surface area (Å²) >= 11 is 1.64. The first kappa shape index (κ1) is 17.8. The Morgan fingerprint density at radius 3 is 2.96 bits per heavy atom. The van der Waals surface area contributed by atoms with Crippen molar-refractivity contribution in [2.24, 2.45) is 5.73 Å². The molecule has 0 unspecified atom stereocenters. The van der Waals surface area contributed by atoms with Gasteiger partial charge in [0.1, 0.15) is 12.7 Å². The van der Waals surface area contributed by atoms with Crippen molar-refractivity contribution in [3.8, 4) is 22.6 Å². The number of hydrogen-bond donors (Lipinski definition) is 3. The highest BCUT2D eigenvalue weighted by molar-refractivity contribution is 7.17. The zero-order valence-corrected chi connectivity index (χ0v) is 15.4. The molecule has 0 radical (unpaired) electrons. The molecule has 0 spiro atoms. The molecule has 1 aliphatic heterocycles. The van der Waals surface area contributed by atoms with Gasteiger partial charge in [-0.3, -0.25) is 4.79 Å². The Kier molecular flexibility index (Phi) is 4.73. The summed E-state index contributed by atoms with van der Waals surface area (Å²) in [4.78, 5) is 13.9. The van der Waals surface area contributed by atoms with Gasteiger partial charge in [-0.15, -0.1) is 11.3 Å². The van der Waals surface area contributed by atoms with Gasteiger partial charge in [0.15, 0.2) is 11.5 Å². The average molecular weight is 384 g/mol. The molecule has 3 aromatic rings. The minimum Gasteiger partial charge on any atom is -0.504 e. The first-order chi connectivity index (χ1) is 13.1. The molecular weight excluding hydrogens is 364 g/mol. The molecule has 4 N–H and O–H groups in total. The monoisotopic (exact) mass is 384 g/mol. The van der Waals surface area contributed by atoms with Gasteiger partial charge in [0, 0.05) is 34.3 Å². The predicted molar refractivity (Wildman–Crippen MR) is 105 cm³/mol. The Balaban J connectivity index is 1.75. The normalized spacial score (nSPS) is 15.1. The Hall–Kier alpha value is -2.61. The standard InChI is InChI=1S/C20H20N2O4S/c21-9-17(24)20(25)22-5-6-26-19-13(10-22)7-12(8-16(19)23)15-11-27-18-4-2-1-3-14(15)18/h1-4,7-8,11,17,23-24H,5-6,9-10,21H2/t17-/m1/s1. The lowest BCUT2D eigenvalue weighted by Crippen LogP contribution is -2.43. The number of carbonyl (C=O) groups excluding carboxylic acids is 1. The van der Waals surface area contributed by atoms with Crippen molar-refractivity contribution in [3.63, 3.8) is 0 Å². The number of amides is 1. The van der Waals surface area contributed by atoms with Crippen molar-refractivity contribution < 1.29 is 19.7 Å². The second-order valence-electron chi connectivity index (χ2n) is 6.49. The number of aliphatic hydroxyl groups excluding tert-OH is 1. The topological polar surface area (TPSA) is 96.0 Å². The summed E-state index contributed by atoms with van der Waals surface area (Å²) in [6.45, 7) is 0.676. The summed E-state index contributed by atoms with van der Waals surface area (Å²) in [6.07, 6.45) is -1.23. The van der Waals surface area contributed by atoms with E-state index in [2.05, 4.69) is 11.4 Å². The van der Waals surface area contributed by atoms with Crippen molar-refractivity contribution in [2.75, 3.05) is 19.7 Å². The highest BCUT2D eigenvalue weighted by atomic mass is 32.1. The second kappa shape index (κ2) is 7.19. The smallest absolute Gasteiger partial charge is 0.253 e. The van der Waals surface area contributed by atoms with E-state index in [1.807, 2.05) is 24.3 Å². The van der Waals surface area contributed by atoms with Gasteiger partial charge in [0.25, 0.3) is 5.91 Å². The zero-order valence-electron chi connectivity index (χ0n) is 14.6. The zero-order chi connectivity index (χ0) is 19.0. The fraction of sp³-hybridized carbons (Fsp3) is 0.250. The summed E-state index contributed by atoms with van der Waals surface area (Å²) in [5.41, 5.74) is 8.00. The number of aliphatic hydroxyl groups is 1. The Morgan fingerprint density at radius 2 is 2.15 bits per heavy atom. The predicted octanol–water partition coefficient (Wildman–Crippen LogP) is 2.31. The number of ether oxygens (including phenoxy) is 1. The maximum atomic E-state index is 12.3. The van der Waals surface area contributed by atoms with Crippen LogP contribution in [0.3, 0.4) is 0 Å². The molecule has 140 valence electrons. The third-order valence-electron chi connectivity index (χ3n) is 4.73. The molecule has 1 atom stereocenters. The number of fused-ring (bicyclic) bond motifs is 2. The van der Waals surface area contributed by atoms with E-state index >= 15 is 0 Å². The second-order valence-corrected chi connectivity index (χ2v) is 7.40. The van der Waals surface area contributed by atoms with Gasteiger partial charge in [0.2, 0.25) is 0 Å². The van der Waals surface area contributed by atoms with Gasteiger partial charge in [-0.2, -0.15) is 0 Å².